The second kappa shape index (κ2) is 6.67. The molecule has 1 aromatic heterocycles. The number of aromatic nitrogens is 2. The van der Waals surface area contributed by atoms with Crippen molar-refractivity contribution < 1.29 is 13.5 Å². The summed E-state index contributed by atoms with van der Waals surface area (Å²) >= 11 is 0. The number of rotatable bonds is 6. The second-order valence-corrected chi connectivity index (χ2v) is 5.07. The lowest BCUT2D eigenvalue weighted by Gasteiger charge is -2.15. The van der Waals surface area contributed by atoms with Gasteiger partial charge < -0.3 is 14.6 Å². The highest BCUT2D eigenvalue weighted by atomic mass is 19.1. The molecule has 0 spiro atoms. The lowest BCUT2D eigenvalue weighted by Crippen LogP contribution is -2.23. The number of methoxy groups -OCH3 is 1. The Bertz CT molecular complexity index is 613. The van der Waals surface area contributed by atoms with E-state index in [1.54, 1.807) is 11.7 Å². The van der Waals surface area contributed by atoms with E-state index in [1.165, 1.54) is 12.1 Å². The molecule has 6 heteroatoms. The van der Waals surface area contributed by atoms with Crippen LogP contribution >= 0.6 is 0 Å². The molecule has 1 N–H and O–H groups in total. The maximum atomic E-state index is 13.7. The second-order valence-electron chi connectivity index (χ2n) is 5.07. The van der Waals surface area contributed by atoms with Crippen LogP contribution in [0.4, 0.5) is 14.7 Å². The maximum absolute atomic E-state index is 13.7. The van der Waals surface area contributed by atoms with Crippen molar-refractivity contribution in [1.29, 1.82) is 0 Å². The normalized spacial score (nSPS) is 12.4. The minimum absolute atomic E-state index is 0.0774. The fraction of sp³-hybridized carbons (Fsp3) is 0.400. The number of benzene rings is 1. The summed E-state index contributed by atoms with van der Waals surface area (Å²) in [6, 6.07) is 3.67. The van der Waals surface area contributed by atoms with E-state index < -0.39 is 11.6 Å². The summed E-state index contributed by atoms with van der Waals surface area (Å²) in [7, 11) is 1.63. The highest BCUT2D eigenvalue weighted by molar-refractivity contribution is 5.32. The Kier molecular flexibility index (Phi) is 4.90. The van der Waals surface area contributed by atoms with E-state index >= 15 is 0 Å². The van der Waals surface area contributed by atoms with Gasteiger partial charge in [0.05, 0.1) is 18.8 Å². The van der Waals surface area contributed by atoms with Crippen LogP contribution in [0, 0.1) is 18.6 Å². The Morgan fingerprint density at radius 2 is 2.14 bits per heavy atom. The third-order valence-corrected chi connectivity index (χ3v) is 3.04. The van der Waals surface area contributed by atoms with Gasteiger partial charge in [0.2, 0.25) is 5.95 Å². The van der Waals surface area contributed by atoms with Crippen molar-refractivity contribution in [2.24, 2.45) is 0 Å². The van der Waals surface area contributed by atoms with E-state index in [0.29, 0.717) is 18.1 Å². The Morgan fingerprint density at radius 1 is 1.38 bits per heavy atom. The first kappa shape index (κ1) is 15.4. The lowest BCUT2D eigenvalue weighted by molar-refractivity contribution is 0.190. The molecule has 1 heterocycles. The van der Waals surface area contributed by atoms with Gasteiger partial charge in [-0.15, -0.1) is 0 Å². The van der Waals surface area contributed by atoms with Crippen LogP contribution in [0.5, 0.6) is 0 Å². The van der Waals surface area contributed by atoms with Gasteiger partial charge in [0.25, 0.3) is 0 Å². The molecule has 2 aromatic rings. The monoisotopic (exact) mass is 295 g/mol. The molecule has 114 valence electrons. The van der Waals surface area contributed by atoms with Gasteiger partial charge in [-0.05, 0) is 19.9 Å². The predicted molar refractivity (Wildman–Crippen MR) is 77.4 cm³/mol. The topological polar surface area (TPSA) is 39.1 Å². The van der Waals surface area contributed by atoms with Crippen LogP contribution in [-0.2, 0) is 11.3 Å². The number of nitrogens with zero attached hydrogens (tertiary/aromatic N) is 2. The van der Waals surface area contributed by atoms with E-state index in [1.807, 2.05) is 20.0 Å². The van der Waals surface area contributed by atoms with Crippen molar-refractivity contribution in [3.8, 4) is 0 Å². The summed E-state index contributed by atoms with van der Waals surface area (Å²) in [5, 5.41) is 3.21. The summed E-state index contributed by atoms with van der Waals surface area (Å²) in [5.74, 6) is -0.497. The Hall–Kier alpha value is -1.95. The Labute approximate surface area is 122 Å². The van der Waals surface area contributed by atoms with Crippen LogP contribution in [0.3, 0.4) is 0 Å². The van der Waals surface area contributed by atoms with Crippen LogP contribution < -0.4 is 5.32 Å². The first-order chi connectivity index (χ1) is 9.99. The number of anilines is 1. The molecule has 0 saturated carbocycles. The van der Waals surface area contributed by atoms with E-state index in [2.05, 4.69) is 10.3 Å². The van der Waals surface area contributed by atoms with Crippen LogP contribution in [0.15, 0.2) is 24.4 Å². The minimum atomic E-state index is -0.579. The molecule has 0 amide bonds. The molecular weight excluding hydrogens is 276 g/mol. The summed E-state index contributed by atoms with van der Waals surface area (Å²) in [6.07, 6.45) is 1.82. The van der Waals surface area contributed by atoms with Gasteiger partial charge in [0, 0.05) is 31.0 Å². The SMILES string of the molecule is COCC(C)Nc1nc(C)cn1Cc1ccc(F)cc1F. The summed E-state index contributed by atoms with van der Waals surface area (Å²) in [4.78, 5) is 4.38. The molecule has 2 rings (SSSR count). The van der Waals surface area contributed by atoms with Gasteiger partial charge in [-0.2, -0.15) is 0 Å². The number of nitrogens with one attached hydrogen (secondary N) is 1. The van der Waals surface area contributed by atoms with Gasteiger partial charge in [-0.1, -0.05) is 6.07 Å². The lowest BCUT2D eigenvalue weighted by atomic mass is 10.2. The number of hydrogen-bond donors (Lipinski definition) is 1. The Morgan fingerprint density at radius 3 is 2.81 bits per heavy atom. The molecular formula is C15H19F2N3O. The highest BCUT2D eigenvalue weighted by Crippen LogP contribution is 2.16. The standard InChI is InChI=1S/C15H19F2N3O/c1-10-7-20(15(18-10)19-11(2)9-21-3)8-12-4-5-13(16)6-14(12)17/h4-7,11H,8-9H2,1-3H3,(H,18,19). The fourth-order valence-corrected chi connectivity index (χ4v) is 2.13. The van der Waals surface area contributed by atoms with E-state index in [4.69, 9.17) is 4.74 Å². The molecule has 0 fully saturated rings. The third-order valence-electron chi connectivity index (χ3n) is 3.04. The van der Waals surface area contributed by atoms with Crippen molar-refractivity contribution in [1.82, 2.24) is 9.55 Å². The zero-order valence-electron chi connectivity index (χ0n) is 12.4. The molecule has 0 bridgehead atoms. The molecule has 1 aromatic carbocycles. The molecule has 21 heavy (non-hydrogen) atoms. The molecule has 1 atom stereocenters. The van der Waals surface area contributed by atoms with Crippen molar-refractivity contribution in [2.45, 2.75) is 26.4 Å². The van der Waals surface area contributed by atoms with Crippen LogP contribution in [0.25, 0.3) is 0 Å². The average molecular weight is 295 g/mol. The predicted octanol–water partition coefficient (Wildman–Crippen LogP) is 2.96. The molecule has 1 unspecified atom stereocenters. The zero-order valence-corrected chi connectivity index (χ0v) is 12.4. The fourth-order valence-electron chi connectivity index (χ4n) is 2.13. The quantitative estimate of drug-likeness (QED) is 0.890. The average Bonchev–Trinajstić information content (AvgIpc) is 2.73. The number of imidazole rings is 1. The number of ether oxygens (including phenoxy) is 1. The van der Waals surface area contributed by atoms with Crippen LogP contribution in [0.2, 0.25) is 0 Å². The number of hydrogen-bond acceptors (Lipinski definition) is 3. The molecule has 0 aliphatic carbocycles. The van der Waals surface area contributed by atoms with Crippen LogP contribution in [-0.4, -0.2) is 29.3 Å². The van der Waals surface area contributed by atoms with Crippen molar-refractivity contribution in [3.05, 3.63) is 47.3 Å². The molecule has 4 nitrogen and oxygen atoms in total. The maximum Gasteiger partial charge on any atom is 0.203 e. The van der Waals surface area contributed by atoms with Crippen LogP contribution in [0.1, 0.15) is 18.2 Å². The van der Waals surface area contributed by atoms with Gasteiger partial charge in [-0.3, -0.25) is 0 Å². The molecule has 0 aliphatic rings. The van der Waals surface area contributed by atoms with Gasteiger partial charge in [0.1, 0.15) is 11.6 Å². The largest absolute Gasteiger partial charge is 0.383 e. The van der Waals surface area contributed by atoms with Gasteiger partial charge in [0.15, 0.2) is 0 Å². The molecule has 0 aliphatic heterocycles. The summed E-state index contributed by atoms with van der Waals surface area (Å²) in [6.45, 7) is 4.66. The van der Waals surface area contributed by atoms with Crippen molar-refractivity contribution >= 4 is 5.95 Å². The highest BCUT2D eigenvalue weighted by Gasteiger charge is 2.11. The van der Waals surface area contributed by atoms with E-state index in [9.17, 15) is 8.78 Å². The van der Waals surface area contributed by atoms with Crippen molar-refractivity contribution in [2.75, 3.05) is 19.0 Å². The minimum Gasteiger partial charge on any atom is -0.383 e. The molecule has 0 saturated heterocycles. The third kappa shape index (κ3) is 4.01. The first-order valence-electron chi connectivity index (χ1n) is 6.72. The summed E-state index contributed by atoms with van der Waals surface area (Å²) in [5.41, 5.74) is 1.24. The van der Waals surface area contributed by atoms with Crippen molar-refractivity contribution in [3.63, 3.8) is 0 Å². The zero-order chi connectivity index (χ0) is 15.4. The number of aryl methyl sites for hydroxylation is 1. The van der Waals surface area contributed by atoms with Gasteiger partial charge in [-0.25, -0.2) is 13.8 Å². The van der Waals surface area contributed by atoms with E-state index in [-0.39, 0.29) is 12.6 Å². The number of halogens is 2. The molecule has 0 radical (unpaired) electrons. The van der Waals surface area contributed by atoms with Gasteiger partial charge >= 0.3 is 0 Å². The summed E-state index contributed by atoms with van der Waals surface area (Å²) < 4.78 is 33.6. The first-order valence-corrected chi connectivity index (χ1v) is 6.72. The van der Waals surface area contributed by atoms with E-state index in [0.717, 1.165) is 11.8 Å². The smallest absolute Gasteiger partial charge is 0.203 e. The Balaban J connectivity index is 2.19.